The zero-order valence-corrected chi connectivity index (χ0v) is 20.2. The first-order chi connectivity index (χ1) is 17.6. The van der Waals surface area contributed by atoms with Crippen LogP contribution in [0.15, 0.2) is 36.9 Å². The number of hydrogen-bond acceptors (Lipinski definition) is 5. The Morgan fingerprint density at radius 1 is 1.21 bits per heavy atom. The van der Waals surface area contributed by atoms with E-state index in [1.165, 1.54) is 0 Å². The summed E-state index contributed by atoms with van der Waals surface area (Å²) < 4.78 is 98.9. The summed E-state index contributed by atoms with van der Waals surface area (Å²) in [6, 6.07) is 0.909. The first kappa shape index (κ1) is 27.9. The number of hydrogen-bond donors (Lipinski definition) is 1. The second kappa shape index (κ2) is 9.86. The summed E-state index contributed by atoms with van der Waals surface area (Å²) in [6.07, 6.45) is -2.26. The van der Waals surface area contributed by atoms with Crippen molar-refractivity contribution in [1.82, 2.24) is 15.3 Å². The molecule has 7 nitrogen and oxygen atoms in total. The summed E-state index contributed by atoms with van der Waals surface area (Å²) in [4.78, 5) is 34.7. The van der Waals surface area contributed by atoms with Gasteiger partial charge in [-0.3, -0.25) is 14.5 Å². The molecule has 4 rings (SSSR count). The van der Waals surface area contributed by atoms with E-state index in [0.29, 0.717) is 23.1 Å². The molecule has 2 fully saturated rings. The number of amides is 2. The lowest BCUT2D eigenvalue weighted by atomic mass is 9.87. The minimum atomic E-state index is -5.16. The third-order valence-electron chi connectivity index (χ3n) is 6.96. The molecule has 5 atom stereocenters. The van der Waals surface area contributed by atoms with Crippen LogP contribution >= 0.6 is 11.6 Å². The van der Waals surface area contributed by atoms with Gasteiger partial charge in [-0.25, -0.2) is 27.5 Å². The highest BCUT2D eigenvalue weighted by Gasteiger charge is 2.58. The van der Waals surface area contributed by atoms with Gasteiger partial charge in [-0.05, 0) is 37.8 Å². The van der Waals surface area contributed by atoms with Gasteiger partial charge in [0, 0.05) is 42.4 Å². The minimum Gasteiger partial charge on any atom is -0.406 e. The van der Waals surface area contributed by atoms with Crippen molar-refractivity contribution in [3.63, 3.8) is 0 Å². The third-order valence-corrected chi connectivity index (χ3v) is 7.14. The van der Waals surface area contributed by atoms with E-state index in [1.807, 2.05) is 0 Å². The SMILES string of the molecule is C[C@](C(=O)N[C@@H]1CC2CC1CC2(F)F)(c1cncnc1)N(C(=O)[C@H](F)Cl)c1ccc(OC(F)(F)F)cc1F. The maximum atomic E-state index is 15.2. The van der Waals surface area contributed by atoms with E-state index >= 15 is 4.39 Å². The number of anilines is 1. The molecule has 0 aliphatic heterocycles. The summed E-state index contributed by atoms with van der Waals surface area (Å²) in [5.41, 5.74) is -6.09. The molecule has 2 bridgehead atoms. The van der Waals surface area contributed by atoms with Crippen LogP contribution in [0.25, 0.3) is 0 Å². The number of benzene rings is 1. The first-order valence-electron chi connectivity index (χ1n) is 11.2. The van der Waals surface area contributed by atoms with Gasteiger partial charge < -0.3 is 10.1 Å². The van der Waals surface area contributed by atoms with Gasteiger partial charge in [0.25, 0.3) is 23.4 Å². The number of alkyl halides is 7. The lowest BCUT2D eigenvalue weighted by molar-refractivity contribution is -0.274. The van der Waals surface area contributed by atoms with Crippen molar-refractivity contribution in [3.05, 3.63) is 48.3 Å². The highest BCUT2D eigenvalue weighted by atomic mass is 35.5. The molecule has 0 saturated heterocycles. The van der Waals surface area contributed by atoms with Crippen LogP contribution in [-0.4, -0.2) is 45.7 Å². The fraction of sp³-hybridized carbons (Fsp3) is 0.478. The molecule has 0 radical (unpaired) electrons. The largest absolute Gasteiger partial charge is 0.573 e. The monoisotopic (exact) mass is 568 g/mol. The molecule has 2 aliphatic carbocycles. The Hall–Kier alpha value is -3.16. The molecule has 2 amide bonds. The number of ether oxygens (including phenoxy) is 1. The zero-order chi connectivity index (χ0) is 28.0. The van der Waals surface area contributed by atoms with Gasteiger partial charge in [0.05, 0.1) is 5.69 Å². The van der Waals surface area contributed by atoms with Crippen LogP contribution in [-0.2, 0) is 15.1 Å². The van der Waals surface area contributed by atoms with Crippen molar-refractivity contribution in [2.24, 2.45) is 11.8 Å². The molecular formula is C23H20ClF7N4O3. The molecule has 1 N–H and O–H groups in total. The molecule has 2 aliphatic rings. The van der Waals surface area contributed by atoms with Crippen LogP contribution in [0.5, 0.6) is 5.75 Å². The standard InChI is InChI=1S/C23H20ClF7N4O3/c1-21(13-8-32-10-33-9-13,20(37)34-16-5-12-4-11(16)7-22(12,27)28)35(19(36)18(24)26)17-3-2-14(6-15(17)25)38-23(29,30)31/h2-3,6,8-12,16,18H,4-5,7H2,1H3,(H,34,37)/t11?,12?,16-,18+,21-/m1/s1. The van der Waals surface area contributed by atoms with Crippen LogP contribution < -0.4 is 15.0 Å². The van der Waals surface area contributed by atoms with E-state index in [1.54, 1.807) is 0 Å². The highest BCUT2D eigenvalue weighted by Crippen LogP contribution is 2.54. The normalized spacial score (nSPS) is 24.4. The predicted octanol–water partition coefficient (Wildman–Crippen LogP) is 4.85. The fourth-order valence-electron chi connectivity index (χ4n) is 5.15. The number of rotatable bonds is 7. The van der Waals surface area contributed by atoms with Crippen molar-refractivity contribution in [2.75, 3.05) is 4.90 Å². The Kier molecular flexibility index (Phi) is 7.23. The van der Waals surface area contributed by atoms with Crippen molar-refractivity contribution in [2.45, 2.75) is 55.7 Å². The van der Waals surface area contributed by atoms with Crippen LogP contribution in [0.1, 0.15) is 31.7 Å². The molecule has 0 spiro atoms. The first-order valence-corrected chi connectivity index (χ1v) is 11.7. The summed E-state index contributed by atoms with van der Waals surface area (Å²) in [6.45, 7) is 1.10. The molecule has 15 heteroatoms. The molecule has 1 aromatic carbocycles. The van der Waals surface area contributed by atoms with E-state index in [2.05, 4.69) is 20.0 Å². The predicted molar refractivity (Wildman–Crippen MR) is 118 cm³/mol. The number of nitrogens with zero attached hydrogens (tertiary/aromatic N) is 3. The average Bonchev–Trinajstić information content (AvgIpc) is 3.35. The molecule has 1 aromatic heterocycles. The number of carbonyl (C=O) groups is 2. The second-order valence-corrected chi connectivity index (χ2v) is 9.69. The number of halogens is 8. The van der Waals surface area contributed by atoms with Gasteiger partial charge in [-0.2, -0.15) is 0 Å². The van der Waals surface area contributed by atoms with Crippen molar-refractivity contribution in [1.29, 1.82) is 0 Å². The topological polar surface area (TPSA) is 84.4 Å². The quantitative estimate of drug-likeness (QED) is 0.381. The second-order valence-electron chi connectivity index (χ2n) is 9.31. The Morgan fingerprint density at radius 2 is 1.87 bits per heavy atom. The molecule has 2 unspecified atom stereocenters. The summed E-state index contributed by atoms with van der Waals surface area (Å²) >= 11 is 5.39. The Balaban J connectivity index is 1.77. The molecular weight excluding hydrogens is 549 g/mol. The maximum absolute atomic E-state index is 15.2. The maximum Gasteiger partial charge on any atom is 0.573 e. The van der Waals surface area contributed by atoms with Crippen LogP contribution in [0.3, 0.4) is 0 Å². The van der Waals surface area contributed by atoms with Crippen LogP contribution in [0.2, 0.25) is 0 Å². The van der Waals surface area contributed by atoms with Crippen LogP contribution in [0, 0.1) is 17.7 Å². The number of carbonyl (C=O) groups excluding carboxylic acids is 2. The molecule has 206 valence electrons. The molecule has 38 heavy (non-hydrogen) atoms. The minimum absolute atomic E-state index is 0.0577. The summed E-state index contributed by atoms with van der Waals surface area (Å²) in [5.74, 6) is -9.52. The summed E-state index contributed by atoms with van der Waals surface area (Å²) in [5, 5.41) is 2.61. The highest BCUT2D eigenvalue weighted by molar-refractivity contribution is 6.32. The number of nitrogens with one attached hydrogen (secondary N) is 1. The lowest BCUT2D eigenvalue weighted by Crippen LogP contribution is -2.60. The third kappa shape index (κ3) is 5.22. The van der Waals surface area contributed by atoms with Gasteiger partial charge in [-0.15, -0.1) is 13.2 Å². The van der Waals surface area contributed by atoms with Crippen LogP contribution in [0.4, 0.5) is 36.4 Å². The average molecular weight is 569 g/mol. The fourth-order valence-corrected chi connectivity index (χ4v) is 5.25. The molecule has 2 aromatic rings. The molecule has 2 saturated carbocycles. The van der Waals surface area contributed by atoms with E-state index in [-0.39, 0.29) is 18.4 Å². The van der Waals surface area contributed by atoms with Gasteiger partial charge in [0.2, 0.25) is 0 Å². The van der Waals surface area contributed by atoms with Crippen molar-refractivity contribution >= 4 is 29.1 Å². The Morgan fingerprint density at radius 3 is 2.37 bits per heavy atom. The number of aromatic nitrogens is 2. The van der Waals surface area contributed by atoms with E-state index < -0.39 is 76.8 Å². The van der Waals surface area contributed by atoms with Gasteiger partial charge in [0.15, 0.2) is 11.4 Å². The van der Waals surface area contributed by atoms with Gasteiger partial charge >= 0.3 is 6.36 Å². The smallest absolute Gasteiger partial charge is 0.406 e. The van der Waals surface area contributed by atoms with E-state index in [4.69, 9.17) is 11.6 Å². The zero-order valence-electron chi connectivity index (χ0n) is 19.5. The van der Waals surface area contributed by atoms with Gasteiger partial charge in [0.1, 0.15) is 12.1 Å². The van der Waals surface area contributed by atoms with E-state index in [0.717, 1.165) is 25.6 Å². The lowest BCUT2D eigenvalue weighted by Gasteiger charge is -2.41. The Labute approximate surface area is 216 Å². The van der Waals surface area contributed by atoms with Gasteiger partial charge in [-0.1, -0.05) is 11.6 Å². The number of fused-ring (bicyclic) bond motifs is 2. The molecule has 1 heterocycles. The van der Waals surface area contributed by atoms with E-state index in [9.17, 15) is 35.9 Å². The van der Waals surface area contributed by atoms with Crippen molar-refractivity contribution in [3.8, 4) is 5.75 Å². The summed E-state index contributed by atoms with van der Waals surface area (Å²) in [7, 11) is 0. The van der Waals surface area contributed by atoms with Crippen molar-refractivity contribution < 1.29 is 45.1 Å². The Bertz CT molecular complexity index is 1220.